The summed E-state index contributed by atoms with van der Waals surface area (Å²) in [4.78, 5) is 11.1. The van der Waals surface area contributed by atoms with Crippen LogP contribution in [0, 0.1) is 0 Å². The lowest BCUT2D eigenvalue weighted by atomic mass is 10.1. The molecule has 0 bridgehead atoms. The zero-order valence-electron chi connectivity index (χ0n) is 7.79. The Hall–Kier alpha value is -1.03. The summed E-state index contributed by atoms with van der Waals surface area (Å²) in [6.07, 6.45) is 0.0963. The van der Waals surface area contributed by atoms with Crippen molar-refractivity contribution in [2.75, 3.05) is 6.61 Å². The average Bonchev–Trinajstić information content (AvgIpc) is 2.13. The minimum atomic E-state index is -0.332. The molecule has 0 unspecified atom stereocenters. The first-order valence-corrected chi connectivity index (χ1v) is 5.06. The number of benzene rings is 1. The van der Waals surface area contributed by atoms with Gasteiger partial charge in [0.15, 0.2) is 0 Å². The maximum Gasteiger partial charge on any atom is 0.310 e. The number of esters is 1. The van der Waals surface area contributed by atoms with E-state index in [1.807, 2.05) is 0 Å². The number of rotatable bonds is 3. The lowest BCUT2D eigenvalue weighted by Gasteiger charge is -2.05. The smallest absolute Gasteiger partial charge is 0.310 e. The summed E-state index contributed by atoms with van der Waals surface area (Å²) < 4.78 is 5.36. The minimum Gasteiger partial charge on any atom is -0.506 e. The summed E-state index contributed by atoms with van der Waals surface area (Å²) in [5.74, 6) is -0.235. The van der Waals surface area contributed by atoms with E-state index in [1.54, 1.807) is 25.1 Å². The van der Waals surface area contributed by atoms with Crippen LogP contribution in [-0.4, -0.2) is 17.7 Å². The highest BCUT2D eigenvalue weighted by Crippen LogP contribution is 2.27. The highest BCUT2D eigenvalue weighted by Gasteiger charge is 2.09. The van der Waals surface area contributed by atoms with Gasteiger partial charge < -0.3 is 9.84 Å². The van der Waals surface area contributed by atoms with Crippen molar-refractivity contribution in [2.24, 2.45) is 0 Å². The van der Waals surface area contributed by atoms with Crippen LogP contribution in [0.15, 0.2) is 22.7 Å². The van der Waals surface area contributed by atoms with Gasteiger partial charge in [-0.3, -0.25) is 4.79 Å². The molecule has 1 aromatic carbocycles. The number of hydrogen-bond acceptors (Lipinski definition) is 3. The minimum absolute atomic E-state index is 0.0963. The van der Waals surface area contributed by atoms with Gasteiger partial charge in [-0.25, -0.2) is 0 Å². The number of ether oxygens (including phenoxy) is 1. The van der Waals surface area contributed by atoms with E-state index in [1.165, 1.54) is 0 Å². The maximum absolute atomic E-state index is 11.1. The molecule has 76 valence electrons. The molecule has 0 aliphatic rings. The Kier molecular flexibility index (Phi) is 3.95. The summed E-state index contributed by atoms with van der Waals surface area (Å²) in [5, 5.41) is 9.56. The number of phenolic OH excluding ortho intramolecular Hbond substituents is 1. The van der Waals surface area contributed by atoms with Gasteiger partial charge in [0.25, 0.3) is 0 Å². The van der Waals surface area contributed by atoms with Gasteiger partial charge in [0, 0.05) is 5.56 Å². The molecule has 0 heterocycles. The van der Waals surface area contributed by atoms with E-state index in [4.69, 9.17) is 4.74 Å². The molecule has 0 atom stereocenters. The second kappa shape index (κ2) is 5.00. The van der Waals surface area contributed by atoms with Gasteiger partial charge >= 0.3 is 5.97 Å². The van der Waals surface area contributed by atoms with Crippen molar-refractivity contribution >= 4 is 21.9 Å². The van der Waals surface area contributed by atoms with Crippen LogP contribution in [0.2, 0.25) is 0 Å². The molecule has 0 saturated carbocycles. The standard InChI is InChI=1S/C10H11BrO3/c1-2-14-9(12)6-7-4-3-5-8(11)10(7)13/h3-5,13H,2,6H2,1H3. The number of hydrogen-bond donors (Lipinski definition) is 1. The SMILES string of the molecule is CCOC(=O)Cc1cccc(Br)c1O. The van der Waals surface area contributed by atoms with Crippen LogP contribution in [0.5, 0.6) is 5.75 Å². The van der Waals surface area contributed by atoms with Gasteiger partial charge in [-0.05, 0) is 28.9 Å². The number of phenols is 1. The van der Waals surface area contributed by atoms with Crippen LogP contribution in [0.25, 0.3) is 0 Å². The molecule has 1 rings (SSSR count). The topological polar surface area (TPSA) is 46.5 Å². The van der Waals surface area contributed by atoms with E-state index >= 15 is 0 Å². The van der Waals surface area contributed by atoms with Crippen LogP contribution < -0.4 is 0 Å². The monoisotopic (exact) mass is 258 g/mol. The molecule has 0 aliphatic carbocycles. The number of para-hydroxylation sites is 1. The molecule has 1 N–H and O–H groups in total. The molecule has 4 heteroatoms. The van der Waals surface area contributed by atoms with E-state index in [2.05, 4.69) is 15.9 Å². The molecule has 14 heavy (non-hydrogen) atoms. The van der Waals surface area contributed by atoms with Crippen molar-refractivity contribution in [2.45, 2.75) is 13.3 Å². The van der Waals surface area contributed by atoms with Gasteiger partial charge in [0.2, 0.25) is 0 Å². The second-order valence-electron chi connectivity index (χ2n) is 2.73. The van der Waals surface area contributed by atoms with Crippen LogP contribution in [0.1, 0.15) is 12.5 Å². The Morgan fingerprint density at radius 3 is 2.93 bits per heavy atom. The summed E-state index contributed by atoms with van der Waals surface area (Å²) in [6, 6.07) is 5.17. The van der Waals surface area contributed by atoms with Gasteiger partial charge in [0.05, 0.1) is 17.5 Å². The van der Waals surface area contributed by atoms with Crippen molar-refractivity contribution in [3.05, 3.63) is 28.2 Å². The Morgan fingerprint density at radius 1 is 1.57 bits per heavy atom. The third-order valence-corrected chi connectivity index (χ3v) is 2.35. The maximum atomic E-state index is 11.1. The van der Waals surface area contributed by atoms with Gasteiger partial charge in [-0.15, -0.1) is 0 Å². The largest absolute Gasteiger partial charge is 0.506 e. The van der Waals surface area contributed by atoms with E-state index in [0.29, 0.717) is 16.6 Å². The average molecular weight is 259 g/mol. The zero-order chi connectivity index (χ0) is 10.6. The summed E-state index contributed by atoms with van der Waals surface area (Å²) in [6.45, 7) is 2.10. The molecule has 1 aromatic rings. The third-order valence-electron chi connectivity index (χ3n) is 1.71. The quantitative estimate of drug-likeness (QED) is 0.847. The molecule has 0 saturated heterocycles. The molecule has 0 amide bonds. The normalized spacial score (nSPS) is 9.86. The van der Waals surface area contributed by atoms with Gasteiger partial charge in [-0.2, -0.15) is 0 Å². The lowest BCUT2D eigenvalue weighted by Crippen LogP contribution is -2.07. The van der Waals surface area contributed by atoms with Crippen molar-refractivity contribution in [3.63, 3.8) is 0 Å². The molecule has 0 aliphatic heterocycles. The van der Waals surface area contributed by atoms with Crippen molar-refractivity contribution in [3.8, 4) is 5.75 Å². The van der Waals surface area contributed by atoms with Gasteiger partial charge in [-0.1, -0.05) is 12.1 Å². The number of aromatic hydroxyl groups is 1. The molecule has 0 spiro atoms. The molecule has 0 aromatic heterocycles. The highest BCUT2D eigenvalue weighted by atomic mass is 79.9. The summed E-state index contributed by atoms with van der Waals surface area (Å²) >= 11 is 3.17. The Labute approximate surface area is 90.8 Å². The highest BCUT2D eigenvalue weighted by molar-refractivity contribution is 9.10. The first-order chi connectivity index (χ1) is 6.65. The zero-order valence-corrected chi connectivity index (χ0v) is 9.37. The summed E-state index contributed by atoms with van der Waals surface area (Å²) in [5.41, 5.74) is 0.567. The second-order valence-corrected chi connectivity index (χ2v) is 3.58. The fraction of sp³-hybridized carbons (Fsp3) is 0.300. The molecular weight excluding hydrogens is 248 g/mol. The molecule has 0 radical (unpaired) electrons. The van der Waals surface area contributed by atoms with E-state index in [0.717, 1.165) is 0 Å². The Bertz CT molecular complexity index is 336. The van der Waals surface area contributed by atoms with Crippen molar-refractivity contribution < 1.29 is 14.6 Å². The lowest BCUT2D eigenvalue weighted by molar-refractivity contribution is -0.142. The van der Waals surface area contributed by atoms with Crippen molar-refractivity contribution in [1.29, 1.82) is 0 Å². The van der Waals surface area contributed by atoms with E-state index < -0.39 is 0 Å². The number of carbonyl (C=O) groups is 1. The van der Waals surface area contributed by atoms with Crippen LogP contribution in [0.3, 0.4) is 0 Å². The molecular formula is C10H11BrO3. The van der Waals surface area contributed by atoms with E-state index in [9.17, 15) is 9.90 Å². The Balaban J connectivity index is 2.76. The van der Waals surface area contributed by atoms with E-state index in [-0.39, 0.29) is 18.1 Å². The summed E-state index contributed by atoms with van der Waals surface area (Å²) in [7, 11) is 0. The number of carbonyl (C=O) groups excluding carboxylic acids is 1. The first kappa shape index (κ1) is 11.0. The third kappa shape index (κ3) is 2.73. The van der Waals surface area contributed by atoms with Crippen molar-refractivity contribution in [1.82, 2.24) is 0 Å². The van der Waals surface area contributed by atoms with Crippen LogP contribution >= 0.6 is 15.9 Å². The first-order valence-electron chi connectivity index (χ1n) is 4.27. The Morgan fingerprint density at radius 2 is 2.29 bits per heavy atom. The molecule has 0 fully saturated rings. The fourth-order valence-corrected chi connectivity index (χ4v) is 1.48. The fourth-order valence-electron chi connectivity index (χ4n) is 1.07. The predicted molar refractivity (Wildman–Crippen MR) is 56.1 cm³/mol. The predicted octanol–water partition coefficient (Wildman–Crippen LogP) is 2.26. The molecule has 3 nitrogen and oxygen atoms in total. The van der Waals surface area contributed by atoms with Gasteiger partial charge in [0.1, 0.15) is 5.75 Å². The van der Waals surface area contributed by atoms with Crippen LogP contribution in [0.4, 0.5) is 0 Å². The number of halogens is 1. The van der Waals surface area contributed by atoms with Crippen LogP contribution in [-0.2, 0) is 16.0 Å².